The Kier molecular flexibility index (Phi) is 9.40. The van der Waals surface area contributed by atoms with Crippen molar-refractivity contribution in [3.63, 3.8) is 0 Å². The standard InChI is InChI=1S/C37H34N4O6/c1-46-32-20-29(14-17-31(32)33-21-38-23-47-33)40-37(45)35(43)26-10-5-9-25(19-26)27-11-6-18-41(22-27)30-15-12-28(13-16-30)39-36(44)34(42)24-7-3-2-4-8-24/h2-5,7-10,12-17,19-21,23,27,34,42H,6,11,18,22H2,1H3,(H,39,44)(H,40,45). The summed E-state index contributed by atoms with van der Waals surface area (Å²) >= 11 is 0. The summed E-state index contributed by atoms with van der Waals surface area (Å²) in [4.78, 5) is 44.9. The number of carbonyl (C=O) groups is 3. The molecule has 4 aromatic carbocycles. The monoisotopic (exact) mass is 630 g/mol. The Balaban J connectivity index is 1.08. The van der Waals surface area contributed by atoms with Crippen LogP contribution in [0.5, 0.6) is 5.75 Å². The van der Waals surface area contributed by atoms with Crippen LogP contribution in [0, 0.1) is 0 Å². The van der Waals surface area contributed by atoms with Gasteiger partial charge in [0.25, 0.3) is 17.6 Å². The number of piperidine rings is 1. The number of anilines is 3. The van der Waals surface area contributed by atoms with Gasteiger partial charge in [0.05, 0.1) is 18.9 Å². The number of hydrogen-bond donors (Lipinski definition) is 3. The van der Waals surface area contributed by atoms with Gasteiger partial charge in [0, 0.05) is 47.7 Å². The van der Waals surface area contributed by atoms with Crippen molar-refractivity contribution in [2.45, 2.75) is 24.9 Å². The Morgan fingerprint density at radius 2 is 1.72 bits per heavy atom. The minimum absolute atomic E-state index is 0.160. The highest BCUT2D eigenvalue weighted by molar-refractivity contribution is 6.46. The predicted octanol–water partition coefficient (Wildman–Crippen LogP) is 6.23. The summed E-state index contributed by atoms with van der Waals surface area (Å²) < 4.78 is 10.8. The second kappa shape index (κ2) is 14.1. The number of methoxy groups -OCH3 is 1. The molecule has 47 heavy (non-hydrogen) atoms. The molecule has 5 aromatic rings. The number of rotatable bonds is 10. The van der Waals surface area contributed by atoms with E-state index in [4.69, 9.17) is 9.15 Å². The Morgan fingerprint density at radius 1 is 0.936 bits per heavy atom. The summed E-state index contributed by atoms with van der Waals surface area (Å²) in [7, 11) is 1.51. The van der Waals surface area contributed by atoms with Gasteiger partial charge >= 0.3 is 0 Å². The zero-order valence-corrected chi connectivity index (χ0v) is 25.8. The molecule has 0 spiro atoms. The normalized spacial score (nSPS) is 15.0. The fourth-order valence-corrected chi connectivity index (χ4v) is 5.81. The van der Waals surface area contributed by atoms with E-state index in [0.717, 1.165) is 37.2 Å². The van der Waals surface area contributed by atoms with Crippen molar-refractivity contribution in [3.8, 4) is 17.1 Å². The number of hydrogen-bond acceptors (Lipinski definition) is 8. The zero-order valence-electron chi connectivity index (χ0n) is 25.8. The SMILES string of the molecule is COc1cc(NC(=O)C(=O)c2cccc(C3CCCN(c4ccc(NC(=O)C(O)c5ccccc5)cc4)C3)c2)ccc1-c1cnco1. The highest BCUT2D eigenvalue weighted by atomic mass is 16.5. The summed E-state index contributed by atoms with van der Waals surface area (Å²) in [6.45, 7) is 1.61. The second-order valence-corrected chi connectivity index (χ2v) is 11.3. The highest BCUT2D eigenvalue weighted by Gasteiger charge is 2.24. The lowest BCUT2D eigenvalue weighted by Gasteiger charge is -2.35. The van der Waals surface area contributed by atoms with Crippen molar-refractivity contribution in [2.75, 3.05) is 35.7 Å². The van der Waals surface area contributed by atoms with Crippen LogP contribution in [0.4, 0.5) is 17.1 Å². The van der Waals surface area contributed by atoms with E-state index in [-0.39, 0.29) is 5.92 Å². The summed E-state index contributed by atoms with van der Waals surface area (Å²) in [5.74, 6) is -0.719. The first-order valence-corrected chi connectivity index (χ1v) is 15.3. The van der Waals surface area contributed by atoms with Gasteiger partial charge in [-0.2, -0.15) is 0 Å². The van der Waals surface area contributed by atoms with Crippen LogP contribution in [0.25, 0.3) is 11.3 Å². The first-order chi connectivity index (χ1) is 22.9. The second-order valence-electron chi connectivity index (χ2n) is 11.3. The van der Waals surface area contributed by atoms with E-state index in [1.54, 1.807) is 60.8 Å². The van der Waals surface area contributed by atoms with Gasteiger partial charge in [0.15, 0.2) is 18.3 Å². The van der Waals surface area contributed by atoms with Gasteiger partial charge in [-0.15, -0.1) is 0 Å². The van der Waals surface area contributed by atoms with E-state index in [9.17, 15) is 19.5 Å². The van der Waals surface area contributed by atoms with Crippen LogP contribution in [0.2, 0.25) is 0 Å². The number of ether oxygens (including phenoxy) is 1. The quantitative estimate of drug-likeness (QED) is 0.122. The van der Waals surface area contributed by atoms with Crippen LogP contribution in [-0.4, -0.2) is 47.9 Å². The van der Waals surface area contributed by atoms with E-state index in [0.29, 0.717) is 39.6 Å². The van der Waals surface area contributed by atoms with Crippen LogP contribution in [0.1, 0.15) is 46.3 Å². The minimum atomic E-state index is -1.26. The lowest BCUT2D eigenvalue weighted by Crippen LogP contribution is -2.34. The Labute approximate surface area is 272 Å². The molecule has 2 unspecified atom stereocenters. The van der Waals surface area contributed by atoms with Gasteiger partial charge < -0.3 is 29.8 Å². The molecule has 2 amide bonds. The summed E-state index contributed by atoms with van der Waals surface area (Å²) in [5.41, 5.74) is 4.53. The van der Waals surface area contributed by atoms with Crippen molar-refractivity contribution in [3.05, 3.63) is 126 Å². The molecule has 6 rings (SSSR count). The first-order valence-electron chi connectivity index (χ1n) is 15.3. The molecule has 1 aliphatic heterocycles. The number of nitrogens with one attached hydrogen (secondary N) is 2. The minimum Gasteiger partial charge on any atom is -0.496 e. The molecule has 0 aliphatic carbocycles. The largest absolute Gasteiger partial charge is 0.496 e. The van der Waals surface area contributed by atoms with E-state index in [1.165, 1.54) is 13.5 Å². The third-order valence-corrected chi connectivity index (χ3v) is 8.27. The highest BCUT2D eigenvalue weighted by Crippen LogP contribution is 2.33. The van der Waals surface area contributed by atoms with Crippen molar-refractivity contribution in [1.82, 2.24) is 4.98 Å². The maximum atomic E-state index is 13.2. The molecule has 3 N–H and O–H groups in total. The van der Waals surface area contributed by atoms with Crippen molar-refractivity contribution in [1.29, 1.82) is 0 Å². The number of aliphatic hydroxyl groups is 1. The van der Waals surface area contributed by atoms with Crippen LogP contribution in [0.15, 0.2) is 114 Å². The van der Waals surface area contributed by atoms with Crippen molar-refractivity contribution in [2.24, 2.45) is 0 Å². The molecule has 0 bridgehead atoms. The maximum Gasteiger partial charge on any atom is 0.296 e. The number of Topliss-reactive ketones (excluding diaryl/α,β-unsaturated/α-hetero) is 1. The summed E-state index contributed by atoms with van der Waals surface area (Å²) in [6.07, 6.45) is 3.54. The Morgan fingerprint density at radius 3 is 2.47 bits per heavy atom. The van der Waals surface area contributed by atoms with Crippen molar-refractivity contribution >= 4 is 34.7 Å². The van der Waals surface area contributed by atoms with E-state index < -0.39 is 23.7 Å². The number of carbonyl (C=O) groups excluding carboxylic acids is 3. The number of ketones is 1. The topological polar surface area (TPSA) is 134 Å². The van der Waals surface area contributed by atoms with Crippen LogP contribution >= 0.6 is 0 Å². The summed E-state index contributed by atoms with van der Waals surface area (Å²) in [5, 5.41) is 15.8. The average molecular weight is 631 g/mol. The lowest BCUT2D eigenvalue weighted by atomic mass is 9.89. The molecule has 238 valence electrons. The number of amides is 2. The summed E-state index contributed by atoms with van der Waals surface area (Å²) in [6, 6.07) is 28.6. The average Bonchev–Trinajstić information content (AvgIpc) is 3.67. The smallest absolute Gasteiger partial charge is 0.296 e. The molecule has 2 atom stereocenters. The number of nitrogens with zero attached hydrogens (tertiary/aromatic N) is 2. The van der Waals surface area contributed by atoms with Crippen molar-refractivity contribution < 1.29 is 28.6 Å². The molecule has 1 aromatic heterocycles. The molecule has 1 aliphatic rings. The van der Waals surface area contributed by atoms with E-state index >= 15 is 0 Å². The maximum absolute atomic E-state index is 13.2. The fraction of sp³-hybridized carbons (Fsp3) is 0.189. The molecular weight excluding hydrogens is 596 g/mol. The molecule has 0 saturated carbocycles. The zero-order chi connectivity index (χ0) is 32.8. The van der Waals surface area contributed by atoms with Gasteiger partial charge in [-0.05, 0) is 66.4 Å². The fourth-order valence-electron chi connectivity index (χ4n) is 5.81. The molecule has 1 saturated heterocycles. The number of benzene rings is 4. The predicted molar refractivity (Wildman–Crippen MR) is 179 cm³/mol. The van der Waals surface area contributed by atoms with Gasteiger partial charge in [0.2, 0.25) is 0 Å². The number of oxazole rings is 1. The van der Waals surface area contributed by atoms with Crippen LogP contribution in [0.3, 0.4) is 0 Å². The van der Waals surface area contributed by atoms with Crippen LogP contribution < -0.4 is 20.3 Å². The van der Waals surface area contributed by atoms with E-state index in [2.05, 4.69) is 20.5 Å². The molecule has 2 heterocycles. The van der Waals surface area contributed by atoms with Gasteiger partial charge in [-0.25, -0.2) is 4.98 Å². The molecule has 1 fully saturated rings. The third kappa shape index (κ3) is 7.23. The Hall–Kier alpha value is -5.74. The molecule has 0 radical (unpaired) electrons. The van der Waals surface area contributed by atoms with Gasteiger partial charge in [-0.1, -0.05) is 48.5 Å². The number of aliphatic hydroxyl groups excluding tert-OH is 1. The van der Waals surface area contributed by atoms with Crippen LogP contribution in [-0.2, 0) is 9.59 Å². The Bertz CT molecular complexity index is 1860. The first kappa shape index (κ1) is 31.3. The van der Waals surface area contributed by atoms with Gasteiger partial charge in [-0.3, -0.25) is 14.4 Å². The molecule has 10 nitrogen and oxygen atoms in total. The third-order valence-electron chi connectivity index (χ3n) is 8.27. The van der Waals surface area contributed by atoms with Gasteiger partial charge in [0.1, 0.15) is 5.75 Å². The van der Waals surface area contributed by atoms with E-state index in [1.807, 2.05) is 42.5 Å². The number of aromatic nitrogens is 1. The lowest BCUT2D eigenvalue weighted by molar-refractivity contribution is -0.124. The molecular formula is C37H34N4O6. The molecule has 10 heteroatoms.